The van der Waals surface area contributed by atoms with Crippen LogP contribution in [0.1, 0.15) is 34.6 Å². The van der Waals surface area contributed by atoms with Crippen LogP contribution >= 0.6 is 0 Å². The van der Waals surface area contributed by atoms with Gasteiger partial charge in [-0.05, 0) is 46.4 Å². The molecule has 0 heterocycles. The summed E-state index contributed by atoms with van der Waals surface area (Å²) in [6, 6.07) is 19.8. The third-order valence-electron chi connectivity index (χ3n) is 5.62. The van der Waals surface area contributed by atoms with Gasteiger partial charge in [-0.25, -0.2) is 4.79 Å². The number of fused-ring (bicyclic) bond motifs is 3. The molecule has 170 valence electrons. The molecule has 33 heavy (non-hydrogen) atoms. The highest BCUT2D eigenvalue weighted by Crippen LogP contribution is 2.44. The van der Waals surface area contributed by atoms with Crippen molar-refractivity contribution in [2.75, 3.05) is 18.9 Å². The number of halogens is 3. The lowest BCUT2D eigenvalue weighted by atomic mass is 9.98. The monoisotopic (exact) mass is 452 g/mol. The van der Waals surface area contributed by atoms with Gasteiger partial charge in [0.25, 0.3) is 0 Å². The van der Waals surface area contributed by atoms with E-state index in [-0.39, 0.29) is 18.2 Å². The average Bonchev–Trinajstić information content (AvgIpc) is 3.10. The van der Waals surface area contributed by atoms with Gasteiger partial charge in [-0.1, -0.05) is 66.7 Å². The molecule has 1 amide bonds. The van der Waals surface area contributed by atoms with Crippen molar-refractivity contribution < 1.29 is 22.7 Å². The quantitative estimate of drug-likeness (QED) is 0.344. The van der Waals surface area contributed by atoms with E-state index in [1.807, 2.05) is 24.3 Å². The summed E-state index contributed by atoms with van der Waals surface area (Å²) in [5, 5.41) is 2.70. The van der Waals surface area contributed by atoms with Gasteiger partial charge in [-0.15, -0.1) is 0 Å². The lowest BCUT2D eigenvalue weighted by Gasteiger charge is -2.14. The number of nitrogen functional groups attached to an aromatic ring is 1. The number of carbonyl (C=O) groups is 1. The molecule has 4 nitrogen and oxygen atoms in total. The van der Waals surface area contributed by atoms with Gasteiger partial charge < -0.3 is 15.8 Å². The summed E-state index contributed by atoms with van der Waals surface area (Å²) in [5.74, 6) is -0.00632. The molecular weight excluding hydrogens is 429 g/mol. The predicted molar refractivity (Wildman–Crippen MR) is 123 cm³/mol. The third kappa shape index (κ3) is 5.03. The number of anilines is 1. The second kappa shape index (κ2) is 9.40. The molecule has 0 saturated carbocycles. The van der Waals surface area contributed by atoms with Crippen molar-refractivity contribution in [1.29, 1.82) is 0 Å². The van der Waals surface area contributed by atoms with Crippen molar-refractivity contribution in [3.05, 3.63) is 95.1 Å². The zero-order valence-electron chi connectivity index (χ0n) is 17.7. The van der Waals surface area contributed by atoms with Gasteiger partial charge in [0, 0.05) is 18.2 Å². The molecule has 0 bridgehead atoms. The van der Waals surface area contributed by atoms with Gasteiger partial charge >= 0.3 is 12.3 Å². The first-order chi connectivity index (χ1) is 15.8. The summed E-state index contributed by atoms with van der Waals surface area (Å²) in [6.45, 7) is 0.573. The molecule has 3 aromatic rings. The number of carbonyl (C=O) groups excluding carboxylic acids is 1. The van der Waals surface area contributed by atoms with Crippen LogP contribution in [-0.2, 0) is 10.9 Å². The van der Waals surface area contributed by atoms with E-state index >= 15 is 0 Å². The Balaban J connectivity index is 1.26. The fourth-order valence-corrected chi connectivity index (χ4v) is 4.07. The molecule has 0 spiro atoms. The Labute approximate surface area is 189 Å². The smallest absolute Gasteiger partial charge is 0.418 e. The first-order valence-corrected chi connectivity index (χ1v) is 10.6. The van der Waals surface area contributed by atoms with Gasteiger partial charge in [0.2, 0.25) is 0 Å². The molecule has 1 aliphatic carbocycles. The molecule has 4 rings (SSSR count). The first-order valence-electron chi connectivity index (χ1n) is 10.6. The van der Waals surface area contributed by atoms with Crippen LogP contribution in [-0.4, -0.2) is 19.2 Å². The summed E-state index contributed by atoms with van der Waals surface area (Å²) >= 11 is 0. The van der Waals surface area contributed by atoms with Crippen LogP contribution in [0.2, 0.25) is 0 Å². The Kier molecular flexibility index (Phi) is 6.40. The van der Waals surface area contributed by atoms with Crippen LogP contribution in [0.4, 0.5) is 23.7 Å². The Morgan fingerprint density at radius 1 is 1.00 bits per heavy atom. The molecule has 0 aliphatic heterocycles. The van der Waals surface area contributed by atoms with Crippen molar-refractivity contribution in [2.45, 2.75) is 18.5 Å². The van der Waals surface area contributed by atoms with Crippen molar-refractivity contribution in [3.63, 3.8) is 0 Å². The number of alkyl carbamates (subject to hydrolysis) is 1. The second-order valence-corrected chi connectivity index (χ2v) is 7.79. The highest BCUT2D eigenvalue weighted by atomic mass is 19.4. The number of nitrogens with one attached hydrogen (secondary N) is 1. The van der Waals surface area contributed by atoms with Crippen LogP contribution < -0.4 is 11.1 Å². The standard InChI is InChI=1S/C26H23F3N2O2/c27-26(28,29)23-13-12-17(15-24(23)30)7-5-6-14-31-25(32)33-16-22-20-10-3-1-8-18(20)19-9-2-4-11-21(19)22/h1-5,7-13,15,22H,6,14,16,30H2,(H,31,32). The minimum atomic E-state index is -4.47. The highest BCUT2D eigenvalue weighted by molar-refractivity contribution is 5.79. The third-order valence-corrected chi connectivity index (χ3v) is 5.62. The van der Waals surface area contributed by atoms with Gasteiger partial charge in [-0.3, -0.25) is 0 Å². The summed E-state index contributed by atoms with van der Waals surface area (Å²) in [5.41, 5.74) is 9.50. The van der Waals surface area contributed by atoms with E-state index in [9.17, 15) is 18.0 Å². The largest absolute Gasteiger partial charge is 0.449 e. The number of amides is 1. The van der Waals surface area contributed by atoms with Crippen LogP contribution in [0, 0.1) is 0 Å². The van der Waals surface area contributed by atoms with E-state index in [1.165, 1.54) is 12.1 Å². The van der Waals surface area contributed by atoms with Crippen LogP contribution in [0.25, 0.3) is 17.2 Å². The lowest BCUT2D eigenvalue weighted by molar-refractivity contribution is -0.136. The molecular formula is C26H23F3N2O2. The molecule has 0 unspecified atom stereocenters. The zero-order chi connectivity index (χ0) is 23.4. The van der Waals surface area contributed by atoms with Crippen LogP contribution in [0.15, 0.2) is 72.8 Å². The van der Waals surface area contributed by atoms with E-state index in [4.69, 9.17) is 10.5 Å². The summed E-state index contributed by atoms with van der Waals surface area (Å²) < 4.78 is 43.8. The zero-order valence-corrected chi connectivity index (χ0v) is 17.7. The lowest BCUT2D eigenvalue weighted by Crippen LogP contribution is -2.26. The van der Waals surface area contributed by atoms with Gasteiger partial charge in [-0.2, -0.15) is 13.2 Å². The van der Waals surface area contributed by atoms with E-state index in [0.717, 1.165) is 28.3 Å². The molecule has 0 fully saturated rings. The van der Waals surface area contributed by atoms with Crippen LogP contribution in [0.5, 0.6) is 0 Å². The number of rotatable bonds is 6. The fraction of sp³-hybridized carbons (Fsp3) is 0.192. The maximum Gasteiger partial charge on any atom is 0.418 e. The Morgan fingerprint density at radius 2 is 1.64 bits per heavy atom. The predicted octanol–water partition coefficient (Wildman–Crippen LogP) is 6.23. The molecule has 0 radical (unpaired) electrons. The van der Waals surface area contributed by atoms with E-state index in [0.29, 0.717) is 18.5 Å². The molecule has 0 aromatic heterocycles. The number of hydrogen-bond acceptors (Lipinski definition) is 3. The Morgan fingerprint density at radius 3 is 2.24 bits per heavy atom. The Hall–Kier alpha value is -3.74. The Bertz CT molecular complexity index is 1140. The fourth-order valence-electron chi connectivity index (χ4n) is 4.07. The molecule has 0 atom stereocenters. The van der Waals surface area contributed by atoms with Crippen molar-refractivity contribution in [1.82, 2.24) is 5.32 Å². The van der Waals surface area contributed by atoms with Gasteiger partial charge in [0.05, 0.1) is 5.56 Å². The molecule has 1 aliphatic rings. The van der Waals surface area contributed by atoms with Crippen LogP contribution in [0.3, 0.4) is 0 Å². The second-order valence-electron chi connectivity index (χ2n) is 7.79. The average molecular weight is 452 g/mol. The summed E-state index contributed by atoms with van der Waals surface area (Å²) in [7, 11) is 0. The normalized spacial score (nSPS) is 13.1. The maximum atomic E-state index is 12.8. The topological polar surface area (TPSA) is 64.3 Å². The first kappa shape index (κ1) is 22.5. The maximum absolute atomic E-state index is 12.8. The summed E-state index contributed by atoms with van der Waals surface area (Å²) in [4.78, 5) is 12.2. The molecule has 0 saturated heterocycles. The number of alkyl halides is 3. The number of nitrogens with two attached hydrogens (primary N) is 1. The molecule has 3 aromatic carbocycles. The molecule has 3 N–H and O–H groups in total. The SMILES string of the molecule is Nc1cc(C=CCCNC(=O)OCC2c3ccccc3-c3ccccc32)ccc1C(F)(F)F. The van der Waals surface area contributed by atoms with Gasteiger partial charge in [0.15, 0.2) is 0 Å². The molecule has 7 heteroatoms. The van der Waals surface area contributed by atoms with Crippen molar-refractivity contribution in [2.24, 2.45) is 0 Å². The van der Waals surface area contributed by atoms with Gasteiger partial charge in [0.1, 0.15) is 6.61 Å². The van der Waals surface area contributed by atoms with E-state index < -0.39 is 17.8 Å². The number of hydrogen-bond donors (Lipinski definition) is 2. The minimum absolute atomic E-state index is 0.00632. The van der Waals surface area contributed by atoms with E-state index in [1.54, 1.807) is 12.2 Å². The highest BCUT2D eigenvalue weighted by Gasteiger charge is 2.32. The van der Waals surface area contributed by atoms with E-state index in [2.05, 4.69) is 29.6 Å². The number of benzene rings is 3. The minimum Gasteiger partial charge on any atom is -0.449 e. The summed E-state index contributed by atoms with van der Waals surface area (Å²) in [6.07, 6.45) is -1.07. The number of ether oxygens (including phenoxy) is 1. The van der Waals surface area contributed by atoms with Crippen molar-refractivity contribution in [3.8, 4) is 11.1 Å². The van der Waals surface area contributed by atoms with Crippen molar-refractivity contribution >= 4 is 17.9 Å².